The fraction of sp³-hybridized carbons (Fsp3) is 0.667. The second-order valence-corrected chi connectivity index (χ2v) is 4.02. The number of unbranched alkanes of at least 4 members (excludes halogenated alkanes) is 1. The molecule has 0 aromatic rings. The van der Waals surface area contributed by atoms with Gasteiger partial charge in [0.1, 0.15) is 0 Å². The van der Waals surface area contributed by atoms with Gasteiger partial charge in [0.25, 0.3) is 0 Å². The van der Waals surface area contributed by atoms with E-state index >= 15 is 0 Å². The molecule has 4 heteroatoms. The number of ether oxygens (including phenoxy) is 1. The number of carbonyl (C=O) groups excluding carboxylic acids is 1. The van der Waals surface area contributed by atoms with Gasteiger partial charge in [-0.2, -0.15) is 0 Å². The summed E-state index contributed by atoms with van der Waals surface area (Å²) in [5.41, 5.74) is 0. The number of hydrogen-bond acceptors (Lipinski definition) is 3. The van der Waals surface area contributed by atoms with Gasteiger partial charge in [0.05, 0.1) is 18.4 Å². The zero-order valence-corrected chi connectivity index (χ0v) is 9.52. The Bertz CT molecular complexity index is 283. The Hall–Kier alpha value is -1.32. The minimum Gasteiger partial charge on any atom is -0.481 e. The standard InChI is InChI=1S/C12H18O4/c1-2-3-8-16-12(15)10-7-5-4-6-9(10)11(13)14/h4-5,9-10H,2-3,6-8H2,1H3,(H,13,14)/t9-,10+/m1/s1. The molecule has 2 atom stereocenters. The molecule has 16 heavy (non-hydrogen) atoms. The van der Waals surface area contributed by atoms with E-state index in [1.807, 2.05) is 19.1 Å². The highest BCUT2D eigenvalue weighted by Gasteiger charge is 2.34. The summed E-state index contributed by atoms with van der Waals surface area (Å²) in [4.78, 5) is 22.6. The summed E-state index contributed by atoms with van der Waals surface area (Å²) in [7, 11) is 0. The van der Waals surface area contributed by atoms with Crippen LogP contribution in [0.3, 0.4) is 0 Å². The molecule has 90 valence electrons. The third-order valence-corrected chi connectivity index (χ3v) is 2.79. The fourth-order valence-corrected chi connectivity index (χ4v) is 1.77. The molecule has 1 aliphatic rings. The zero-order valence-electron chi connectivity index (χ0n) is 9.52. The molecule has 4 nitrogen and oxygen atoms in total. The van der Waals surface area contributed by atoms with Crippen molar-refractivity contribution in [3.63, 3.8) is 0 Å². The molecular weight excluding hydrogens is 208 g/mol. The summed E-state index contributed by atoms with van der Waals surface area (Å²) in [5.74, 6) is -2.43. The number of esters is 1. The highest BCUT2D eigenvalue weighted by molar-refractivity contribution is 5.81. The van der Waals surface area contributed by atoms with Crippen molar-refractivity contribution < 1.29 is 19.4 Å². The van der Waals surface area contributed by atoms with E-state index in [0.29, 0.717) is 19.4 Å². The summed E-state index contributed by atoms with van der Waals surface area (Å²) in [6.45, 7) is 2.40. The summed E-state index contributed by atoms with van der Waals surface area (Å²) in [5, 5.41) is 8.99. The molecule has 1 aliphatic carbocycles. The van der Waals surface area contributed by atoms with Crippen LogP contribution in [0.2, 0.25) is 0 Å². The number of carbonyl (C=O) groups is 2. The van der Waals surface area contributed by atoms with Crippen molar-refractivity contribution in [3.05, 3.63) is 12.2 Å². The van der Waals surface area contributed by atoms with E-state index in [9.17, 15) is 9.59 Å². The van der Waals surface area contributed by atoms with Crippen LogP contribution in [0, 0.1) is 11.8 Å². The molecule has 0 amide bonds. The van der Waals surface area contributed by atoms with Gasteiger partial charge in [-0.3, -0.25) is 9.59 Å². The Labute approximate surface area is 95.3 Å². The van der Waals surface area contributed by atoms with Gasteiger partial charge in [-0.25, -0.2) is 0 Å². The van der Waals surface area contributed by atoms with Gasteiger partial charge in [0, 0.05) is 0 Å². The highest BCUT2D eigenvalue weighted by Crippen LogP contribution is 2.27. The molecule has 0 saturated carbocycles. The van der Waals surface area contributed by atoms with Crippen LogP contribution >= 0.6 is 0 Å². The number of rotatable bonds is 5. The summed E-state index contributed by atoms with van der Waals surface area (Å²) in [6, 6.07) is 0. The molecule has 0 aromatic heterocycles. The van der Waals surface area contributed by atoms with E-state index in [2.05, 4.69) is 0 Å². The lowest BCUT2D eigenvalue weighted by Crippen LogP contribution is -2.32. The van der Waals surface area contributed by atoms with Crippen molar-refractivity contribution in [1.29, 1.82) is 0 Å². The van der Waals surface area contributed by atoms with Crippen LogP contribution < -0.4 is 0 Å². The quantitative estimate of drug-likeness (QED) is 0.442. The summed E-state index contributed by atoms with van der Waals surface area (Å²) in [6.07, 6.45) is 6.34. The number of hydrogen-bond donors (Lipinski definition) is 1. The first-order valence-corrected chi connectivity index (χ1v) is 5.71. The van der Waals surface area contributed by atoms with Crippen LogP contribution in [-0.4, -0.2) is 23.7 Å². The van der Waals surface area contributed by atoms with E-state index in [0.717, 1.165) is 12.8 Å². The third-order valence-electron chi connectivity index (χ3n) is 2.79. The van der Waals surface area contributed by atoms with Gasteiger partial charge in [-0.1, -0.05) is 25.5 Å². The summed E-state index contributed by atoms with van der Waals surface area (Å²) < 4.78 is 5.07. The predicted octanol–water partition coefficient (Wildman–Crippen LogP) is 2.00. The predicted molar refractivity (Wildman–Crippen MR) is 58.9 cm³/mol. The maximum Gasteiger partial charge on any atom is 0.310 e. The van der Waals surface area contributed by atoms with Crippen molar-refractivity contribution in [3.8, 4) is 0 Å². The Morgan fingerprint density at radius 2 is 1.94 bits per heavy atom. The van der Waals surface area contributed by atoms with Crippen LogP contribution in [0.4, 0.5) is 0 Å². The molecule has 0 radical (unpaired) electrons. The molecule has 0 saturated heterocycles. The molecule has 0 aliphatic heterocycles. The van der Waals surface area contributed by atoms with E-state index in [1.54, 1.807) is 0 Å². The third kappa shape index (κ3) is 3.36. The number of carboxylic acids is 1. The average molecular weight is 226 g/mol. The lowest BCUT2D eigenvalue weighted by Gasteiger charge is -2.23. The number of aliphatic carboxylic acids is 1. The Balaban J connectivity index is 2.52. The van der Waals surface area contributed by atoms with Gasteiger partial charge < -0.3 is 9.84 Å². The first kappa shape index (κ1) is 12.7. The summed E-state index contributed by atoms with van der Waals surface area (Å²) >= 11 is 0. The maximum absolute atomic E-state index is 11.7. The van der Waals surface area contributed by atoms with E-state index in [4.69, 9.17) is 9.84 Å². The van der Waals surface area contributed by atoms with Gasteiger partial charge in [-0.05, 0) is 19.3 Å². The zero-order chi connectivity index (χ0) is 12.0. The normalized spacial score (nSPS) is 24.1. The average Bonchev–Trinajstić information content (AvgIpc) is 2.29. The maximum atomic E-state index is 11.7. The van der Waals surface area contributed by atoms with Gasteiger partial charge >= 0.3 is 11.9 Å². The van der Waals surface area contributed by atoms with E-state index in [1.165, 1.54) is 0 Å². The molecular formula is C12H18O4. The highest BCUT2D eigenvalue weighted by atomic mass is 16.5. The number of allylic oxidation sites excluding steroid dienone is 2. The van der Waals surface area contributed by atoms with E-state index in [-0.39, 0.29) is 5.97 Å². The second kappa shape index (κ2) is 6.30. The van der Waals surface area contributed by atoms with Crippen molar-refractivity contribution in [2.45, 2.75) is 32.6 Å². The first-order valence-electron chi connectivity index (χ1n) is 5.71. The molecule has 0 bridgehead atoms. The largest absolute Gasteiger partial charge is 0.481 e. The van der Waals surface area contributed by atoms with Crippen molar-refractivity contribution in [2.24, 2.45) is 11.8 Å². The molecule has 1 N–H and O–H groups in total. The van der Waals surface area contributed by atoms with Gasteiger partial charge in [0.15, 0.2) is 0 Å². The van der Waals surface area contributed by atoms with Crippen LogP contribution in [0.25, 0.3) is 0 Å². The van der Waals surface area contributed by atoms with Gasteiger partial charge in [0.2, 0.25) is 0 Å². The Morgan fingerprint density at radius 1 is 1.31 bits per heavy atom. The molecule has 0 aromatic carbocycles. The van der Waals surface area contributed by atoms with Crippen molar-refractivity contribution >= 4 is 11.9 Å². The second-order valence-electron chi connectivity index (χ2n) is 4.02. The smallest absolute Gasteiger partial charge is 0.310 e. The van der Waals surface area contributed by atoms with Crippen LogP contribution in [0.15, 0.2) is 12.2 Å². The van der Waals surface area contributed by atoms with Crippen LogP contribution in [-0.2, 0) is 14.3 Å². The Morgan fingerprint density at radius 3 is 2.50 bits per heavy atom. The molecule has 0 fully saturated rings. The monoisotopic (exact) mass is 226 g/mol. The molecule has 0 spiro atoms. The number of carboxylic acid groups (broad SMARTS) is 1. The minimum absolute atomic E-state index is 0.370. The van der Waals surface area contributed by atoms with Gasteiger partial charge in [-0.15, -0.1) is 0 Å². The Kier molecular flexibility index (Phi) is 5.02. The van der Waals surface area contributed by atoms with Crippen LogP contribution in [0.5, 0.6) is 0 Å². The minimum atomic E-state index is -0.915. The topological polar surface area (TPSA) is 63.6 Å². The molecule has 0 unspecified atom stereocenters. The van der Waals surface area contributed by atoms with Crippen LogP contribution in [0.1, 0.15) is 32.6 Å². The molecule has 0 heterocycles. The first-order chi connectivity index (χ1) is 7.66. The fourth-order valence-electron chi connectivity index (χ4n) is 1.77. The lowest BCUT2D eigenvalue weighted by molar-refractivity contribution is -0.158. The van der Waals surface area contributed by atoms with Crippen molar-refractivity contribution in [2.75, 3.05) is 6.61 Å². The van der Waals surface area contributed by atoms with Crippen molar-refractivity contribution in [1.82, 2.24) is 0 Å². The molecule has 1 rings (SSSR count). The SMILES string of the molecule is CCCCOC(=O)[C@H]1CC=CC[C@H]1C(=O)O. The lowest BCUT2D eigenvalue weighted by atomic mass is 9.83. The van der Waals surface area contributed by atoms with E-state index < -0.39 is 17.8 Å².